The molecule has 0 spiro atoms. The van der Waals surface area contributed by atoms with Crippen LogP contribution < -0.4 is 4.74 Å². The van der Waals surface area contributed by atoms with Crippen molar-refractivity contribution in [1.82, 2.24) is 4.90 Å². The minimum Gasteiger partial charge on any atom is -0.482 e. The van der Waals surface area contributed by atoms with Gasteiger partial charge in [0, 0.05) is 13.6 Å². The van der Waals surface area contributed by atoms with E-state index in [9.17, 15) is 9.59 Å². The maximum Gasteiger partial charge on any atom is 0.344 e. The highest BCUT2D eigenvalue weighted by molar-refractivity contribution is 5.80. The molecular formula is C22H25NO4. The first-order valence-corrected chi connectivity index (χ1v) is 9.21. The average molecular weight is 367 g/mol. The van der Waals surface area contributed by atoms with Gasteiger partial charge in [0.15, 0.2) is 13.2 Å². The molecule has 0 atom stereocenters. The number of fused-ring (bicyclic) bond motifs is 1. The molecule has 1 aliphatic rings. The highest BCUT2D eigenvalue weighted by atomic mass is 16.6. The molecule has 0 radical (unpaired) electrons. The van der Waals surface area contributed by atoms with Crippen molar-refractivity contribution in [3.8, 4) is 5.75 Å². The van der Waals surface area contributed by atoms with Gasteiger partial charge in [0.1, 0.15) is 5.75 Å². The molecule has 3 rings (SSSR count). The Hall–Kier alpha value is -2.82. The average Bonchev–Trinajstić information content (AvgIpc) is 3.14. The molecule has 27 heavy (non-hydrogen) atoms. The molecule has 0 bridgehead atoms. The summed E-state index contributed by atoms with van der Waals surface area (Å²) in [5, 5.41) is 0. The zero-order chi connectivity index (χ0) is 19.2. The van der Waals surface area contributed by atoms with Gasteiger partial charge in [-0.3, -0.25) is 4.79 Å². The molecule has 0 N–H and O–H groups in total. The number of nitrogens with zero attached hydrogens (tertiary/aromatic N) is 1. The van der Waals surface area contributed by atoms with E-state index in [4.69, 9.17) is 9.47 Å². The van der Waals surface area contributed by atoms with Gasteiger partial charge in [-0.25, -0.2) is 4.79 Å². The fraction of sp³-hybridized carbons (Fsp3) is 0.364. The summed E-state index contributed by atoms with van der Waals surface area (Å²) >= 11 is 0. The van der Waals surface area contributed by atoms with Crippen LogP contribution in [-0.4, -0.2) is 37.0 Å². The minimum atomic E-state index is -0.548. The number of hydrogen-bond donors (Lipinski definition) is 0. The van der Waals surface area contributed by atoms with Crippen molar-refractivity contribution in [1.29, 1.82) is 0 Å². The first kappa shape index (κ1) is 19.0. The highest BCUT2D eigenvalue weighted by Gasteiger charge is 2.15. The van der Waals surface area contributed by atoms with Crippen molar-refractivity contribution in [2.24, 2.45) is 0 Å². The molecule has 5 nitrogen and oxygen atoms in total. The van der Waals surface area contributed by atoms with Crippen LogP contribution in [0.15, 0.2) is 42.5 Å². The third kappa shape index (κ3) is 5.09. The van der Waals surface area contributed by atoms with Gasteiger partial charge in [0.05, 0.1) is 0 Å². The summed E-state index contributed by atoms with van der Waals surface area (Å²) in [5.74, 6) is -0.132. The van der Waals surface area contributed by atoms with Gasteiger partial charge >= 0.3 is 5.97 Å². The fourth-order valence-corrected chi connectivity index (χ4v) is 3.21. The van der Waals surface area contributed by atoms with E-state index in [0.717, 1.165) is 24.0 Å². The molecule has 0 unspecified atom stereocenters. The van der Waals surface area contributed by atoms with Crippen LogP contribution in [0.25, 0.3) is 0 Å². The molecule has 142 valence electrons. The molecule has 0 saturated carbocycles. The molecule has 2 aromatic rings. The number of aryl methyl sites for hydroxylation is 3. The van der Waals surface area contributed by atoms with E-state index in [1.54, 1.807) is 11.9 Å². The third-order valence-corrected chi connectivity index (χ3v) is 4.88. The van der Waals surface area contributed by atoms with Crippen LogP contribution in [0.1, 0.15) is 28.7 Å². The molecule has 0 aromatic heterocycles. The maximum absolute atomic E-state index is 12.2. The summed E-state index contributed by atoms with van der Waals surface area (Å²) in [5.41, 5.74) is 4.83. The van der Waals surface area contributed by atoms with Gasteiger partial charge in [-0.05, 0) is 60.6 Å². The number of carbonyl (C=O) groups excluding carboxylic acids is 2. The summed E-state index contributed by atoms with van der Waals surface area (Å²) in [6, 6.07) is 13.8. The summed E-state index contributed by atoms with van der Waals surface area (Å²) in [6.45, 7) is 2.00. The Morgan fingerprint density at radius 2 is 1.81 bits per heavy atom. The summed E-state index contributed by atoms with van der Waals surface area (Å²) in [4.78, 5) is 25.6. The van der Waals surface area contributed by atoms with Gasteiger partial charge in [0.25, 0.3) is 5.91 Å². The predicted molar refractivity (Wildman–Crippen MR) is 103 cm³/mol. The second kappa shape index (κ2) is 8.71. The quantitative estimate of drug-likeness (QED) is 0.706. The molecule has 5 heteroatoms. The summed E-state index contributed by atoms with van der Waals surface area (Å²) < 4.78 is 10.5. The molecular weight excluding hydrogens is 342 g/mol. The monoisotopic (exact) mass is 367 g/mol. The summed E-state index contributed by atoms with van der Waals surface area (Å²) in [7, 11) is 1.70. The molecule has 0 fully saturated rings. The number of benzene rings is 2. The van der Waals surface area contributed by atoms with E-state index in [0.29, 0.717) is 12.3 Å². The van der Waals surface area contributed by atoms with Crippen LogP contribution in [0.5, 0.6) is 5.75 Å². The van der Waals surface area contributed by atoms with Crippen molar-refractivity contribution in [2.45, 2.75) is 32.7 Å². The van der Waals surface area contributed by atoms with Crippen LogP contribution >= 0.6 is 0 Å². The minimum absolute atomic E-state index is 0.201. The van der Waals surface area contributed by atoms with E-state index in [1.807, 2.05) is 49.4 Å². The second-order valence-electron chi connectivity index (χ2n) is 6.91. The van der Waals surface area contributed by atoms with Gasteiger partial charge < -0.3 is 14.4 Å². The lowest BCUT2D eigenvalue weighted by atomic mass is 10.1. The van der Waals surface area contributed by atoms with Gasteiger partial charge in [0.2, 0.25) is 0 Å². The van der Waals surface area contributed by atoms with E-state index in [-0.39, 0.29) is 19.1 Å². The second-order valence-corrected chi connectivity index (χ2v) is 6.91. The number of hydrogen-bond acceptors (Lipinski definition) is 4. The molecule has 2 aromatic carbocycles. The van der Waals surface area contributed by atoms with Crippen molar-refractivity contribution >= 4 is 11.9 Å². The van der Waals surface area contributed by atoms with E-state index in [1.165, 1.54) is 17.5 Å². The van der Waals surface area contributed by atoms with Crippen molar-refractivity contribution < 1.29 is 19.1 Å². The number of esters is 1. The lowest BCUT2D eigenvalue weighted by Crippen LogP contribution is -2.31. The number of rotatable bonds is 7. The fourth-order valence-electron chi connectivity index (χ4n) is 3.21. The van der Waals surface area contributed by atoms with Crippen molar-refractivity contribution in [3.05, 3.63) is 64.7 Å². The third-order valence-electron chi connectivity index (χ3n) is 4.88. The highest BCUT2D eigenvalue weighted by Crippen LogP contribution is 2.25. The van der Waals surface area contributed by atoms with Crippen LogP contribution in [0.2, 0.25) is 0 Å². The van der Waals surface area contributed by atoms with Crippen LogP contribution in [0.3, 0.4) is 0 Å². The number of likely N-dealkylation sites (N-methyl/N-ethyl adjacent to an activating group) is 1. The first-order chi connectivity index (χ1) is 13.0. The Balaban J connectivity index is 1.42. The van der Waals surface area contributed by atoms with E-state index < -0.39 is 5.97 Å². The maximum atomic E-state index is 12.2. The smallest absolute Gasteiger partial charge is 0.344 e. The zero-order valence-corrected chi connectivity index (χ0v) is 15.9. The SMILES string of the molecule is Cc1ccccc1CN(C)C(=O)COC(=O)COc1ccc2c(c1)CCC2. The van der Waals surface area contributed by atoms with Crippen LogP contribution in [0.4, 0.5) is 0 Å². The Kier molecular flexibility index (Phi) is 6.12. The molecule has 0 heterocycles. The Labute approximate surface area is 159 Å². The van der Waals surface area contributed by atoms with Gasteiger partial charge in [-0.2, -0.15) is 0 Å². The largest absolute Gasteiger partial charge is 0.482 e. The van der Waals surface area contributed by atoms with Crippen LogP contribution in [-0.2, 0) is 33.7 Å². The first-order valence-electron chi connectivity index (χ1n) is 9.21. The summed E-state index contributed by atoms with van der Waals surface area (Å²) in [6.07, 6.45) is 3.33. The lowest BCUT2D eigenvalue weighted by Gasteiger charge is -2.18. The predicted octanol–water partition coefficient (Wildman–Crippen LogP) is 3.06. The normalized spacial score (nSPS) is 12.4. The van der Waals surface area contributed by atoms with Crippen LogP contribution in [0, 0.1) is 6.92 Å². The standard InChI is InChI=1S/C22H25NO4/c1-16-6-3-4-7-19(16)13-23(2)21(24)14-27-22(25)15-26-20-11-10-17-8-5-9-18(17)12-20/h3-4,6-7,10-12H,5,8-9,13-15H2,1-2H3. The number of ether oxygens (including phenoxy) is 2. The van der Waals surface area contributed by atoms with E-state index >= 15 is 0 Å². The lowest BCUT2D eigenvalue weighted by molar-refractivity contribution is -0.153. The number of carbonyl (C=O) groups is 2. The van der Waals surface area contributed by atoms with Gasteiger partial charge in [-0.15, -0.1) is 0 Å². The topological polar surface area (TPSA) is 55.8 Å². The van der Waals surface area contributed by atoms with Gasteiger partial charge in [-0.1, -0.05) is 30.3 Å². The molecule has 1 aliphatic carbocycles. The van der Waals surface area contributed by atoms with Crippen molar-refractivity contribution in [2.75, 3.05) is 20.3 Å². The van der Waals surface area contributed by atoms with E-state index in [2.05, 4.69) is 0 Å². The number of amides is 1. The van der Waals surface area contributed by atoms with Crippen molar-refractivity contribution in [3.63, 3.8) is 0 Å². The Bertz CT molecular complexity index is 831. The molecule has 1 amide bonds. The molecule has 0 aliphatic heterocycles. The zero-order valence-electron chi connectivity index (χ0n) is 15.9. The Morgan fingerprint density at radius 3 is 2.63 bits per heavy atom. The molecule has 0 saturated heterocycles. The Morgan fingerprint density at radius 1 is 1.04 bits per heavy atom.